The Labute approximate surface area is 133 Å². The molecule has 0 aromatic heterocycles. The molecule has 0 amide bonds. The van der Waals surface area contributed by atoms with Crippen LogP contribution in [0.15, 0.2) is 27.6 Å². The molecule has 0 aliphatic rings. The zero-order valence-corrected chi connectivity index (χ0v) is 14.2. The lowest BCUT2D eigenvalue weighted by molar-refractivity contribution is 0.0689. The summed E-state index contributed by atoms with van der Waals surface area (Å²) in [4.78, 5) is 0.0280. The molecule has 0 heterocycles. The van der Waals surface area contributed by atoms with Gasteiger partial charge < -0.3 is 9.47 Å². The number of nitrogens with one attached hydrogen (secondary N) is 1. The van der Waals surface area contributed by atoms with E-state index in [-0.39, 0.29) is 9.37 Å². The van der Waals surface area contributed by atoms with Gasteiger partial charge >= 0.3 is 0 Å². The highest BCUT2D eigenvalue weighted by atomic mass is 79.9. The van der Waals surface area contributed by atoms with Crippen molar-refractivity contribution in [1.29, 1.82) is 0 Å². The highest BCUT2D eigenvalue weighted by Gasteiger charge is 2.17. The molecule has 0 saturated heterocycles. The summed E-state index contributed by atoms with van der Waals surface area (Å²) in [5.41, 5.74) is 0. The van der Waals surface area contributed by atoms with Crippen molar-refractivity contribution in [2.75, 3.05) is 33.5 Å². The van der Waals surface area contributed by atoms with Crippen LogP contribution in [0.4, 0.5) is 4.39 Å². The zero-order valence-electron chi connectivity index (χ0n) is 11.8. The van der Waals surface area contributed by atoms with Gasteiger partial charge in [-0.1, -0.05) is 0 Å². The topological polar surface area (TPSA) is 64.6 Å². The van der Waals surface area contributed by atoms with Crippen molar-refractivity contribution in [3.8, 4) is 0 Å². The number of halogens is 2. The molecular formula is C13H19BrFNO4S. The van der Waals surface area contributed by atoms with Crippen LogP contribution in [0.1, 0.15) is 12.8 Å². The SMILES string of the molecule is COCCOCCCCNS(=O)(=O)c1ccc(F)cc1Br. The smallest absolute Gasteiger partial charge is 0.241 e. The maximum Gasteiger partial charge on any atom is 0.241 e. The molecule has 120 valence electrons. The Morgan fingerprint density at radius 3 is 2.67 bits per heavy atom. The van der Waals surface area contributed by atoms with E-state index in [1.807, 2.05) is 0 Å². The van der Waals surface area contributed by atoms with Crippen molar-refractivity contribution in [3.63, 3.8) is 0 Å². The molecule has 0 saturated carbocycles. The van der Waals surface area contributed by atoms with E-state index in [0.29, 0.717) is 32.8 Å². The largest absolute Gasteiger partial charge is 0.382 e. The molecule has 0 fully saturated rings. The van der Waals surface area contributed by atoms with Crippen molar-refractivity contribution in [3.05, 3.63) is 28.5 Å². The highest BCUT2D eigenvalue weighted by Crippen LogP contribution is 2.22. The first kappa shape index (κ1) is 18.5. The van der Waals surface area contributed by atoms with Gasteiger partial charge in [0.25, 0.3) is 0 Å². The van der Waals surface area contributed by atoms with Gasteiger partial charge in [0.1, 0.15) is 5.82 Å². The molecule has 1 aromatic rings. The number of rotatable bonds is 10. The molecule has 5 nitrogen and oxygen atoms in total. The quantitative estimate of drug-likeness (QED) is 0.629. The fourth-order valence-electron chi connectivity index (χ4n) is 1.55. The maximum absolute atomic E-state index is 12.9. The fourth-order valence-corrected chi connectivity index (χ4v) is 3.67. The third-order valence-electron chi connectivity index (χ3n) is 2.62. The van der Waals surface area contributed by atoms with Crippen LogP contribution >= 0.6 is 15.9 Å². The lowest BCUT2D eigenvalue weighted by atomic mass is 10.3. The lowest BCUT2D eigenvalue weighted by Crippen LogP contribution is -2.25. The number of unbranched alkanes of at least 4 members (excludes halogenated alkanes) is 1. The molecule has 0 spiro atoms. The highest BCUT2D eigenvalue weighted by molar-refractivity contribution is 9.10. The Hall–Kier alpha value is -0.540. The first-order chi connectivity index (χ1) is 9.97. The molecule has 0 bridgehead atoms. The summed E-state index contributed by atoms with van der Waals surface area (Å²) in [5.74, 6) is -0.492. The molecule has 1 aromatic carbocycles. The first-order valence-electron chi connectivity index (χ1n) is 6.49. The van der Waals surface area contributed by atoms with Gasteiger partial charge in [-0.25, -0.2) is 17.5 Å². The summed E-state index contributed by atoms with van der Waals surface area (Å²) in [6.45, 7) is 1.95. The number of hydrogen-bond donors (Lipinski definition) is 1. The molecular weight excluding hydrogens is 365 g/mol. The summed E-state index contributed by atoms with van der Waals surface area (Å²) in [6, 6.07) is 3.47. The summed E-state index contributed by atoms with van der Waals surface area (Å²) < 4.78 is 49.8. The van der Waals surface area contributed by atoms with Crippen molar-refractivity contribution in [2.24, 2.45) is 0 Å². The Balaban J connectivity index is 2.33. The number of ether oxygens (including phenoxy) is 2. The minimum absolute atomic E-state index is 0.0280. The van der Waals surface area contributed by atoms with Crippen LogP contribution in [0.2, 0.25) is 0 Å². The van der Waals surface area contributed by atoms with Crippen LogP contribution in [0.3, 0.4) is 0 Å². The molecule has 0 aliphatic carbocycles. The van der Waals surface area contributed by atoms with Crippen LogP contribution in [0, 0.1) is 5.82 Å². The Morgan fingerprint density at radius 2 is 2.00 bits per heavy atom. The van der Waals surface area contributed by atoms with Crippen molar-refractivity contribution < 1.29 is 22.3 Å². The minimum atomic E-state index is -3.63. The van der Waals surface area contributed by atoms with Gasteiger partial charge in [-0.15, -0.1) is 0 Å². The van der Waals surface area contributed by atoms with Crippen LogP contribution < -0.4 is 4.72 Å². The first-order valence-corrected chi connectivity index (χ1v) is 8.76. The van der Waals surface area contributed by atoms with Crippen molar-refractivity contribution >= 4 is 26.0 Å². The zero-order chi connectivity index (χ0) is 15.7. The monoisotopic (exact) mass is 383 g/mol. The van der Waals surface area contributed by atoms with Gasteiger partial charge in [-0.05, 0) is 47.0 Å². The van der Waals surface area contributed by atoms with Crippen molar-refractivity contribution in [1.82, 2.24) is 4.72 Å². The molecule has 0 aliphatic heterocycles. The predicted octanol–water partition coefficient (Wildman–Crippen LogP) is 2.31. The average molecular weight is 384 g/mol. The van der Waals surface area contributed by atoms with E-state index < -0.39 is 15.8 Å². The average Bonchev–Trinajstić information content (AvgIpc) is 2.41. The molecule has 8 heteroatoms. The van der Waals surface area contributed by atoms with Crippen molar-refractivity contribution in [2.45, 2.75) is 17.7 Å². The second kappa shape index (κ2) is 9.47. The third-order valence-corrected chi connectivity index (χ3v) is 5.06. The number of hydrogen-bond acceptors (Lipinski definition) is 4. The summed E-state index contributed by atoms with van der Waals surface area (Å²) in [7, 11) is -2.03. The van der Waals surface area contributed by atoms with Gasteiger partial charge in [0.05, 0.1) is 18.1 Å². The van der Waals surface area contributed by atoms with Crippen LogP contribution in [-0.2, 0) is 19.5 Å². The van der Waals surface area contributed by atoms with Crippen LogP contribution in [0.5, 0.6) is 0 Å². The molecule has 21 heavy (non-hydrogen) atoms. The predicted molar refractivity (Wildman–Crippen MR) is 81.2 cm³/mol. The molecule has 1 N–H and O–H groups in total. The number of benzene rings is 1. The third kappa shape index (κ3) is 6.84. The molecule has 0 unspecified atom stereocenters. The van der Waals surface area contributed by atoms with Crippen LogP contribution in [0.25, 0.3) is 0 Å². The molecule has 1 rings (SSSR count). The Bertz CT molecular complexity index is 539. The minimum Gasteiger partial charge on any atom is -0.382 e. The van der Waals surface area contributed by atoms with E-state index in [4.69, 9.17) is 9.47 Å². The summed E-state index contributed by atoms with van der Waals surface area (Å²) in [5, 5.41) is 0. The molecule has 0 radical (unpaired) electrons. The lowest BCUT2D eigenvalue weighted by Gasteiger charge is -2.08. The fraction of sp³-hybridized carbons (Fsp3) is 0.538. The number of sulfonamides is 1. The second-order valence-electron chi connectivity index (χ2n) is 4.28. The van der Waals surface area contributed by atoms with Gasteiger partial charge in [0, 0.05) is 24.7 Å². The second-order valence-corrected chi connectivity index (χ2v) is 6.87. The summed E-state index contributed by atoms with van der Waals surface area (Å²) in [6.07, 6.45) is 1.40. The Kier molecular flexibility index (Phi) is 8.35. The van der Waals surface area contributed by atoms with E-state index in [1.165, 1.54) is 6.07 Å². The molecule has 0 atom stereocenters. The van der Waals surface area contributed by atoms with Crippen LogP contribution in [-0.4, -0.2) is 41.9 Å². The van der Waals surface area contributed by atoms with Gasteiger partial charge in [-0.2, -0.15) is 0 Å². The Morgan fingerprint density at radius 1 is 1.24 bits per heavy atom. The van der Waals surface area contributed by atoms with E-state index >= 15 is 0 Å². The van der Waals surface area contributed by atoms with Gasteiger partial charge in [0.2, 0.25) is 10.0 Å². The maximum atomic E-state index is 12.9. The standard InChI is InChI=1S/C13H19BrFNO4S/c1-19-8-9-20-7-3-2-6-16-21(17,18)13-5-4-11(15)10-12(13)14/h4-5,10,16H,2-3,6-9H2,1H3. The summed E-state index contributed by atoms with van der Waals surface area (Å²) >= 11 is 3.05. The normalized spacial score (nSPS) is 11.8. The van der Waals surface area contributed by atoms with E-state index in [1.54, 1.807) is 7.11 Å². The van der Waals surface area contributed by atoms with E-state index in [9.17, 15) is 12.8 Å². The van der Waals surface area contributed by atoms with Gasteiger partial charge in [0.15, 0.2) is 0 Å². The van der Waals surface area contributed by atoms with Gasteiger partial charge in [-0.3, -0.25) is 0 Å². The number of methoxy groups -OCH3 is 1. The van der Waals surface area contributed by atoms with E-state index in [2.05, 4.69) is 20.7 Å². The van der Waals surface area contributed by atoms with E-state index in [0.717, 1.165) is 18.6 Å².